The van der Waals surface area contributed by atoms with E-state index in [2.05, 4.69) is 39.5 Å². The quantitative estimate of drug-likeness (QED) is 0.528. The van der Waals surface area contributed by atoms with Gasteiger partial charge < -0.3 is 0 Å². The number of rotatable bonds is 3. The predicted molar refractivity (Wildman–Crippen MR) is 61.2 cm³/mol. The van der Waals surface area contributed by atoms with Crippen LogP contribution in [0.4, 0.5) is 0 Å². The summed E-state index contributed by atoms with van der Waals surface area (Å²) >= 11 is 0. The Labute approximate surface area is 97.0 Å². The van der Waals surface area contributed by atoms with Gasteiger partial charge in [-0.1, -0.05) is 75.9 Å². The van der Waals surface area contributed by atoms with Crippen molar-refractivity contribution in [2.45, 2.75) is 0 Å². The molecule has 0 unspecified atom stereocenters. The molecule has 0 rings (SSSR count). The minimum atomic E-state index is 0. The molecule has 0 saturated carbocycles. The van der Waals surface area contributed by atoms with Crippen molar-refractivity contribution < 1.29 is 21.1 Å². The standard InChI is InChI=1S/3C4H6.Mo/c3*1-3-4-2;/h3*3-4H,1-2H2;. The molecular formula is C12H18Mo. The third kappa shape index (κ3) is 205. The average Bonchev–Trinajstić information content (AvgIpc) is 2.18. The van der Waals surface area contributed by atoms with Gasteiger partial charge in [0, 0.05) is 21.1 Å². The van der Waals surface area contributed by atoms with E-state index in [9.17, 15) is 0 Å². The van der Waals surface area contributed by atoms with Crippen LogP contribution in [-0.2, 0) is 21.1 Å². The first-order chi connectivity index (χ1) is 5.74. The summed E-state index contributed by atoms with van der Waals surface area (Å²) in [6.07, 6.45) is 9.83. The Bertz CT molecular complexity index is 96.7. The van der Waals surface area contributed by atoms with Crippen LogP contribution < -0.4 is 0 Å². The van der Waals surface area contributed by atoms with Crippen molar-refractivity contribution in [3.63, 3.8) is 0 Å². The Morgan fingerprint density at radius 3 is 0.462 bits per heavy atom. The fourth-order valence-corrected chi connectivity index (χ4v) is 0. The molecule has 0 atom stereocenters. The van der Waals surface area contributed by atoms with Crippen molar-refractivity contribution >= 4 is 0 Å². The van der Waals surface area contributed by atoms with E-state index in [1.807, 2.05) is 0 Å². The van der Waals surface area contributed by atoms with Gasteiger partial charge in [0.2, 0.25) is 0 Å². The molecule has 72 valence electrons. The van der Waals surface area contributed by atoms with Crippen molar-refractivity contribution in [2.24, 2.45) is 0 Å². The molecule has 0 aromatic rings. The molecule has 13 heavy (non-hydrogen) atoms. The third-order valence-electron chi connectivity index (χ3n) is 0.500. The molecular weight excluding hydrogens is 240 g/mol. The van der Waals surface area contributed by atoms with E-state index < -0.39 is 0 Å². The zero-order valence-corrected chi connectivity index (χ0v) is 10.1. The zero-order valence-electron chi connectivity index (χ0n) is 8.11. The summed E-state index contributed by atoms with van der Waals surface area (Å²) in [5, 5.41) is 0. The van der Waals surface area contributed by atoms with E-state index in [0.29, 0.717) is 0 Å². The molecule has 0 spiro atoms. The molecule has 0 amide bonds. The number of allylic oxidation sites excluding steroid dienone is 6. The van der Waals surface area contributed by atoms with Gasteiger partial charge in [-0.05, 0) is 0 Å². The molecule has 1 heteroatoms. The monoisotopic (exact) mass is 260 g/mol. The Hall–Kier alpha value is -0.872. The van der Waals surface area contributed by atoms with Crippen molar-refractivity contribution in [3.8, 4) is 0 Å². The van der Waals surface area contributed by atoms with Gasteiger partial charge >= 0.3 is 0 Å². The minimum absolute atomic E-state index is 0. The van der Waals surface area contributed by atoms with Gasteiger partial charge in [-0.15, -0.1) is 0 Å². The van der Waals surface area contributed by atoms with Crippen molar-refractivity contribution in [1.29, 1.82) is 0 Å². The topological polar surface area (TPSA) is 0 Å². The third-order valence-corrected chi connectivity index (χ3v) is 0.500. The second kappa shape index (κ2) is 43.4. The smallest absolute Gasteiger partial charge is 0 e. The Morgan fingerprint density at radius 2 is 0.462 bits per heavy atom. The SMILES string of the molecule is C=CC=C.C=CC=C.C=CC=C.[Mo]. The molecule has 0 aromatic heterocycles. The summed E-state index contributed by atoms with van der Waals surface area (Å²) in [5.41, 5.74) is 0. The van der Waals surface area contributed by atoms with Crippen molar-refractivity contribution in [3.05, 3.63) is 75.9 Å². The summed E-state index contributed by atoms with van der Waals surface area (Å²) < 4.78 is 0. The van der Waals surface area contributed by atoms with Gasteiger partial charge in [-0.3, -0.25) is 0 Å². The van der Waals surface area contributed by atoms with E-state index in [1.165, 1.54) is 0 Å². The largest absolute Gasteiger partial charge is 0.0991 e. The Morgan fingerprint density at radius 1 is 0.385 bits per heavy atom. The minimum Gasteiger partial charge on any atom is -0.0991 e. The summed E-state index contributed by atoms with van der Waals surface area (Å²) in [6, 6.07) is 0. The van der Waals surface area contributed by atoms with Crippen LogP contribution in [0.2, 0.25) is 0 Å². The molecule has 0 aliphatic carbocycles. The molecule has 0 aliphatic heterocycles. The van der Waals surface area contributed by atoms with Gasteiger partial charge in [-0.25, -0.2) is 0 Å². The molecule has 0 fully saturated rings. The summed E-state index contributed by atoms with van der Waals surface area (Å²) in [4.78, 5) is 0. The zero-order chi connectivity index (χ0) is 10.2. The van der Waals surface area contributed by atoms with Crippen molar-refractivity contribution in [1.82, 2.24) is 0 Å². The summed E-state index contributed by atoms with van der Waals surface area (Å²) in [7, 11) is 0. The Kier molecular flexibility index (Phi) is 75.9. The molecule has 0 nitrogen and oxygen atoms in total. The molecule has 0 aliphatic rings. The fourth-order valence-electron chi connectivity index (χ4n) is 0. The van der Waals surface area contributed by atoms with Crippen LogP contribution >= 0.6 is 0 Å². The van der Waals surface area contributed by atoms with E-state index in [1.54, 1.807) is 36.5 Å². The second-order valence-corrected chi connectivity index (χ2v) is 1.41. The molecule has 0 N–H and O–H groups in total. The van der Waals surface area contributed by atoms with Gasteiger partial charge in [0.05, 0.1) is 0 Å². The fraction of sp³-hybridized carbons (Fsp3) is 0. The molecule has 0 radical (unpaired) electrons. The van der Waals surface area contributed by atoms with E-state index in [-0.39, 0.29) is 21.1 Å². The predicted octanol–water partition coefficient (Wildman–Crippen LogP) is 4.07. The molecule has 0 aromatic carbocycles. The molecule has 0 saturated heterocycles. The van der Waals surface area contributed by atoms with Crippen LogP contribution in [0.3, 0.4) is 0 Å². The van der Waals surface area contributed by atoms with Gasteiger partial charge in [-0.2, -0.15) is 0 Å². The maximum absolute atomic E-state index is 3.36. The van der Waals surface area contributed by atoms with Gasteiger partial charge in [0.25, 0.3) is 0 Å². The number of hydrogen-bond acceptors (Lipinski definition) is 0. The van der Waals surface area contributed by atoms with Crippen LogP contribution in [0.15, 0.2) is 75.9 Å². The van der Waals surface area contributed by atoms with Crippen LogP contribution in [0, 0.1) is 0 Å². The summed E-state index contributed by atoms with van der Waals surface area (Å²) in [6.45, 7) is 20.2. The molecule has 0 bridgehead atoms. The van der Waals surface area contributed by atoms with Crippen LogP contribution in [0.25, 0.3) is 0 Å². The maximum atomic E-state index is 3.36. The van der Waals surface area contributed by atoms with Crippen LogP contribution in [0.1, 0.15) is 0 Å². The van der Waals surface area contributed by atoms with Crippen LogP contribution in [-0.4, -0.2) is 0 Å². The first kappa shape index (κ1) is 22.7. The summed E-state index contributed by atoms with van der Waals surface area (Å²) in [5.74, 6) is 0. The van der Waals surface area contributed by atoms with E-state index >= 15 is 0 Å². The first-order valence-corrected chi connectivity index (χ1v) is 3.45. The average molecular weight is 258 g/mol. The Balaban J connectivity index is -0.0000000450. The normalized spacial score (nSPS) is 4.62. The van der Waals surface area contributed by atoms with Crippen molar-refractivity contribution in [2.75, 3.05) is 0 Å². The second-order valence-electron chi connectivity index (χ2n) is 1.41. The maximum Gasteiger partial charge on any atom is 0 e. The number of hydrogen-bond donors (Lipinski definition) is 0. The van der Waals surface area contributed by atoms with Gasteiger partial charge in [0.15, 0.2) is 0 Å². The molecule has 0 heterocycles. The van der Waals surface area contributed by atoms with Crippen LogP contribution in [0.5, 0.6) is 0 Å². The van der Waals surface area contributed by atoms with E-state index in [4.69, 9.17) is 0 Å². The van der Waals surface area contributed by atoms with E-state index in [0.717, 1.165) is 0 Å². The van der Waals surface area contributed by atoms with Gasteiger partial charge in [0.1, 0.15) is 0 Å². The first-order valence-electron chi connectivity index (χ1n) is 3.45.